The summed E-state index contributed by atoms with van der Waals surface area (Å²) in [5, 5.41) is 0. The molecule has 0 aliphatic carbocycles. The van der Waals surface area contributed by atoms with E-state index < -0.39 is 24.1 Å². The lowest BCUT2D eigenvalue weighted by molar-refractivity contribution is -0.183. The van der Waals surface area contributed by atoms with E-state index in [2.05, 4.69) is 27.7 Å². The van der Waals surface area contributed by atoms with E-state index in [0.29, 0.717) is 52.1 Å². The van der Waals surface area contributed by atoms with E-state index in [9.17, 15) is 19.2 Å². The first-order valence-corrected chi connectivity index (χ1v) is 24.2. The number of hydrogen-bond donors (Lipinski definition) is 0. The molecule has 0 fully saturated rings. The second-order valence-corrected chi connectivity index (χ2v) is 16.0. The van der Waals surface area contributed by atoms with Crippen molar-refractivity contribution >= 4 is 23.9 Å². The molecule has 58 heavy (non-hydrogen) atoms. The molecule has 0 aromatic carbocycles. The van der Waals surface area contributed by atoms with E-state index in [1.165, 1.54) is 44.9 Å². The average Bonchev–Trinajstić information content (AvgIpc) is 3.21. The van der Waals surface area contributed by atoms with E-state index in [0.717, 1.165) is 122 Å². The van der Waals surface area contributed by atoms with Gasteiger partial charge in [-0.25, -0.2) is 9.59 Å². The molecule has 0 saturated carbocycles. The molecule has 342 valence electrons. The second-order valence-electron chi connectivity index (χ2n) is 16.0. The number of carbonyl (C=O) groups excluding carboxylic acids is 4. The third-order valence-electron chi connectivity index (χ3n) is 10.6. The standard InChI is InChI=1S/C48H90O10/c1-7-13-15-17-21-27-33-41(55-39-9-3)44(36-30-24-20-26-32-38-46(50)54-12-6)58-48(52)47(51)57-43(35-29-22-18-16-14-8-2)42(56-40-10-4)34-28-23-19-25-31-37-45(49)53-11-5/h41-44H,7-40H2,1-6H3. The van der Waals surface area contributed by atoms with Gasteiger partial charge in [-0.15, -0.1) is 0 Å². The van der Waals surface area contributed by atoms with Crippen LogP contribution in [-0.4, -0.2) is 74.7 Å². The first kappa shape index (κ1) is 55.8. The molecule has 0 radical (unpaired) electrons. The summed E-state index contributed by atoms with van der Waals surface area (Å²) in [6.45, 7) is 14.1. The highest BCUT2D eigenvalue weighted by Gasteiger charge is 2.33. The zero-order chi connectivity index (χ0) is 42.9. The molecule has 0 N–H and O–H groups in total. The minimum Gasteiger partial charge on any atom is -0.466 e. The van der Waals surface area contributed by atoms with E-state index in [1.54, 1.807) is 0 Å². The van der Waals surface area contributed by atoms with Gasteiger partial charge in [0, 0.05) is 26.1 Å². The van der Waals surface area contributed by atoms with Crippen LogP contribution in [0.4, 0.5) is 0 Å². The molecule has 4 atom stereocenters. The van der Waals surface area contributed by atoms with Gasteiger partial charge in [0.15, 0.2) is 0 Å². The topological polar surface area (TPSA) is 124 Å². The van der Waals surface area contributed by atoms with Gasteiger partial charge < -0.3 is 28.4 Å². The Bertz CT molecular complexity index is 972. The summed E-state index contributed by atoms with van der Waals surface area (Å²) in [6, 6.07) is 0. The Morgan fingerprint density at radius 1 is 0.345 bits per heavy atom. The Kier molecular flexibility index (Phi) is 40.0. The number of carbonyl (C=O) groups is 4. The molecule has 0 aliphatic heterocycles. The molecule has 0 heterocycles. The minimum absolute atomic E-state index is 0.138. The van der Waals surface area contributed by atoms with Gasteiger partial charge in [-0.2, -0.15) is 0 Å². The molecular formula is C48H90O10. The number of unbranched alkanes of at least 4 members (excludes halogenated alkanes) is 18. The Labute approximate surface area is 355 Å². The summed E-state index contributed by atoms with van der Waals surface area (Å²) < 4.78 is 34.9. The van der Waals surface area contributed by atoms with Crippen LogP contribution >= 0.6 is 0 Å². The maximum Gasteiger partial charge on any atom is 0.417 e. The quantitative estimate of drug-likeness (QED) is 0.0254. The van der Waals surface area contributed by atoms with Crippen LogP contribution in [0.3, 0.4) is 0 Å². The Hall–Kier alpha value is -2.20. The molecule has 10 heteroatoms. The Morgan fingerprint density at radius 2 is 0.638 bits per heavy atom. The Morgan fingerprint density at radius 3 is 0.948 bits per heavy atom. The summed E-state index contributed by atoms with van der Waals surface area (Å²) in [6.07, 6.45) is 26.3. The van der Waals surface area contributed by atoms with Gasteiger partial charge in [0.25, 0.3) is 0 Å². The predicted molar refractivity (Wildman–Crippen MR) is 234 cm³/mol. The van der Waals surface area contributed by atoms with E-state index in [4.69, 9.17) is 28.4 Å². The maximum absolute atomic E-state index is 13.7. The van der Waals surface area contributed by atoms with Crippen molar-refractivity contribution in [1.29, 1.82) is 0 Å². The third-order valence-corrected chi connectivity index (χ3v) is 10.6. The maximum atomic E-state index is 13.7. The molecule has 10 nitrogen and oxygen atoms in total. The first-order chi connectivity index (χ1) is 28.3. The van der Waals surface area contributed by atoms with Gasteiger partial charge in [0.05, 0.1) is 25.4 Å². The van der Waals surface area contributed by atoms with E-state index >= 15 is 0 Å². The smallest absolute Gasteiger partial charge is 0.417 e. The van der Waals surface area contributed by atoms with Crippen molar-refractivity contribution in [3.05, 3.63) is 0 Å². The van der Waals surface area contributed by atoms with Gasteiger partial charge >= 0.3 is 23.9 Å². The third kappa shape index (κ3) is 32.6. The molecule has 0 spiro atoms. The van der Waals surface area contributed by atoms with Crippen LogP contribution in [0.2, 0.25) is 0 Å². The monoisotopic (exact) mass is 827 g/mol. The second kappa shape index (κ2) is 41.5. The lowest BCUT2D eigenvalue weighted by Crippen LogP contribution is -2.40. The fraction of sp³-hybridized carbons (Fsp3) is 0.917. The fourth-order valence-corrected chi connectivity index (χ4v) is 7.31. The summed E-state index contributed by atoms with van der Waals surface area (Å²) in [4.78, 5) is 50.8. The van der Waals surface area contributed by atoms with Gasteiger partial charge in [-0.1, -0.05) is 143 Å². The molecule has 0 aliphatic rings. The number of hydrogen-bond acceptors (Lipinski definition) is 10. The number of rotatable bonds is 42. The molecule has 0 saturated heterocycles. The van der Waals surface area contributed by atoms with Crippen LogP contribution in [-0.2, 0) is 47.6 Å². The first-order valence-electron chi connectivity index (χ1n) is 24.2. The molecule has 0 rings (SSSR count). The van der Waals surface area contributed by atoms with Gasteiger partial charge in [-0.05, 0) is 78.1 Å². The van der Waals surface area contributed by atoms with Crippen molar-refractivity contribution in [3.63, 3.8) is 0 Å². The molecule has 0 aromatic heterocycles. The molecule has 0 bridgehead atoms. The van der Waals surface area contributed by atoms with Gasteiger partial charge in [0.1, 0.15) is 12.2 Å². The average molecular weight is 827 g/mol. The van der Waals surface area contributed by atoms with Crippen molar-refractivity contribution < 1.29 is 47.6 Å². The highest BCUT2D eigenvalue weighted by atomic mass is 16.6. The van der Waals surface area contributed by atoms with Gasteiger partial charge in [0.2, 0.25) is 0 Å². The lowest BCUT2D eigenvalue weighted by atomic mass is 9.99. The largest absolute Gasteiger partial charge is 0.466 e. The SMILES string of the molecule is CCCCCCCCC(OCCC)C(CCCCCCCC(=O)OCC)OC(=O)C(=O)OC(CCCCCCCC)C(CCCCCCCC(=O)OCC)OCCC. The van der Waals surface area contributed by atoms with Crippen molar-refractivity contribution in [2.24, 2.45) is 0 Å². The van der Waals surface area contributed by atoms with E-state index in [-0.39, 0.29) is 24.1 Å². The van der Waals surface area contributed by atoms with Crippen molar-refractivity contribution in [2.75, 3.05) is 26.4 Å². The van der Waals surface area contributed by atoms with Crippen molar-refractivity contribution in [2.45, 2.75) is 259 Å². The van der Waals surface area contributed by atoms with Gasteiger partial charge in [-0.3, -0.25) is 9.59 Å². The molecule has 4 unspecified atom stereocenters. The van der Waals surface area contributed by atoms with E-state index in [1.807, 2.05) is 13.8 Å². The van der Waals surface area contributed by atoms with Crippen LogP contribution < -0.4 is 0 Å². The van der Waals surface area contributed by atoms with Crippen LogP contribution in [0.5, 0.6) is 0 Å². The zero-order valence-electron chi connectivity index (χ0n) is 38.4. The highest BCUT2D eigenvalue weighted by molar-refractivity contribution is 6.29. The highest BCUT2D eigenvalue weighted by Crippen LogP contribution is 2.24. The molecule has 0 amide bonds. The van der Waals surface area contributed by atoms with Crippen LogP contribution in [0.25, 0.3) is 0 Å². The summed E-state index contributed by atoms with van der Waals surface area (Å²) in [7, 11) is 0. The number of esters is 4. The summed E-state index contributed by atoms with van der Waals surface area (Å²) in [5.74, 6) is -2.18. The number of ether oxygens (including phenoxy) is 6. The molecular weight excluding hydrogens is 737 g/mol. The zero-order valence-corrected chi connectivity index (χ0v) is 38.4. The van der Waals surface area contributed by atoms with Crippen molar-refractivity contribution in [1.82, 2.24) is 0 Å². The van der Waals surface area contributed by atoms with Crippen LogP contribution in [0.15, 0.2) is 0 Å². The van der Waals surface area contributed by atoms with Crippen molar-refractivity contribution in [3.8, 4) is 0 Å². The summed E-state index contributed by atoms with van der Waals surface area (Å²) in [5.41, 5.74) is 0. The Balaban J connectivity index is 5.77. The normalized spacial score (nSPS) is 13.4. The predicted octanol–water partition coefficient (Wildman–Crippen LogP) is 12.5. The van der Waals surface area contributed by atoms with Crippen LogP contribution in [0, 0.1) is 0 Å². The minimum atomic E-state index is -0.948. The fourth-order valence-electron chi connectivity index (χ4n) is 7.31. The molecule has 0 aromatic rings. The summed E-state index contributed by atoms with van der Waals surface area (Å²) >= 11 is 0. The lowest BCUT2D eigenvalue weighted by Gasteiger charge is -2.29. The van der Waals surface area contributed by atoms with Crippen LogP contribution in [0.1, 0.15) is 234 Å².